The molecule has 0 unspecified atom stereocenters. The minimum Gasteiger partial charge on any atom is -0.348 e. The lowest BCUT2D eigenvalue weighted by atomic mass is 10.1. The van der Waals surface area contributed by atoms with Crippen LogP contribution in [0.1, 0.15) is 37.1 Å². The molecule has 1 atom stereocenters. The molecular weight excluding hydrogens is 385 g/mol. The molecule has 1 saturated carbocycles. The molecule has 1 amide bonds. The summed E-state index contributed by atoms with van der Waals surface area (Å²) in [5.41, 5.74) is 0.621. The van der Waals surface area contributed by atoms with Crippen LogP contribution in [0.4, 0.5) is 10.3 Å². The predicted molar refractivity (Wildman–Crippen MR) is 104 cm³/mol. The second kappa shape index (κ2) is 6.87. The van der Waals surface area contributed by atoms with Gasteiger partial charge in [-0.3, -0.25) is 9.59 Å². The maximum atomic E-state index is 13.6. The Morgan fingerprint density at radius 2 is 2.14 bits per heavy atom. The lowest BCUT2D eigenvalue weighted by molar-refractivity contribution is -0.110. The molecule has 1 aromatic carbocycles. The Hall–Kier alpha value is -3.00. The summed E-state index contributed by atoms with van der Waals surface area (Å²) >= 11 is 5.94. The molecule has 0 saturated heterocycles. The fraction of sp³-hybridized carbons (Fsp3) is 0.263. The Morgan fingerprint density at radius 3 is 2.86 bits per heavy atom. The molecule has 0 aliphatic heterocycles. The molecule has 0 bridgehead atoms. The number of anilines is 1. The fourth-order valence-electron chi connectivity index (χ4n) is 3.23. The maximum Gasteiger partial charge on any atom is 0.253 e. The number of pyridine rings is 1. The Balaban J connectivity index is 1.63. The van der Waals surface area contributed by atoms with Gasteiger partial charge in [-0.25, -0.2) is 14.4 Å². The smallest absolute Gasteiger partial charge is 0.253 e. The van der Waals surface area contributed by atoms with Crippen molar-refractivity contribution in [3.8, 4) is 0 Å². The number of aromatic amines is 1. The normalized spacial score (nSPS) is 15.8. The molecule has 1 aliphatic rings. The van der Waals surface area contributed by atoms with E-state index in [4.69, 9.17) is 11.6 Å². The van der Waals surface area contributed by atoms with Crippen molar-refractivity contribution in [2.24, 2.45) is 0 Å². The van der Waals surface area contributed by atoms with Crippen LogP contribution in [-0.2, 0) is 10.3 Å². The Morgan fingerprint density at radius 1 is 1.36 bits per heavy atom. The van der Waals surface area contributed by atoms with Crippen molar-refractivity contribution < 1.29 is 9.18 Å². The van der Waals surface area contributed by atoms with E-state index < -0.39 is 17.4 Å². The SMILES string of the molecule is C[C@H](Nc1nccc(C2(NC=O)CC2)n1)c1cc2ccc(F)c(Cl)c2[nH]c1=O. The average molecular weight is 402 g/mol. The van der Waals surface area contributed by atoms with Crippen LogP contribution in [-0.4, -0.2) is 21.4 Å². The number of nitrogens with zero attached hydrogens (tertiary/aromatic N) is 2. The van der Waals surface area contributed by atoms with E-state index >= 15 is 0 Å². The first kappa shape index (κ1) is 18.4. The van der Waals surface area contributed by atoms with E-state index in [1.807, 2.05) is 0 Å². The first-order chi connectivity index (χ1) is 13.4. The number of aromatic nitrogens is 3. The van der Waals surface area contributed by atoms with Gasteiger partial charge in [0.05, 0.1) is 22.8 Å². The maximum absolute atomic E-state index is 13.6. The van der Waals surface area contributed by atoms with Gasteiger partial charge in [0.25, 0.3) is 5.56 Å². The van der Waals surface area contributed by atoms with Crippen LogP contribution in [0.25, 0.3) is 10.9 Å². The summed E-state index contributed by atoms with van der Waals surface area (Å²) in [7, 11) is 0. The van der Waals surface area contributed by atoms with E-state index in [9.17, 15) is 14.0 Å². The molecule has 2 heterocycles. The van der Waals surface area contributed by atoms with Gasteiger partial charge in [-0.05, 0) is 44.0 Å². The summed E-state index contributed by atoms with van der Waals surface area (Å²) in [6, 6.07) is 5.83. The number of benzene rings is 1. The summed E-state index contributed by atoms with van der Waals surface area (Å²) in [4.78, 5) is 34.6. The number of carbonyl (C=O) groups is 1. The number of halogens is 2. The second-order valence-corrected chi connectivity index (χ2v) is 7.23. The third-order valence-electron chi connectivity index (χ3n) is 4.98. The Labute approximate surface area is 164 Å². The number of hydrogen-bond donors (Lipinski definition) is 3. The lowest BCUT2D eigenvalue weighted by Crippen LogP contribution is -2.29. The van der Waals surface area contributed by atoms with E-state index in [0.29, 0.717) is 23.3 Å². The molecule has 144 valence electrons. The van der Waals surface area contributed by atoms with E-state index in [-0.39, 0.29) is 16.1 Å². The molecule has 1 fully saturated rings. The Kier molecular flexibility index (Phi) is 4.50. The summed E-state index contributed by atoms with van der Waals surface area (Å²) < 4.78 is 13.6. The summed E-state index contributed by atoms with van der Waals surface area (Å²) in [5.74, 6) is -0.243. The van der Waals surface area contributed by atoms with Crippen molar-refractivity contribution >= 4 is 34.9 Å². The van der Waals surface area contributed by atoms with Crippen molar-refractivity contribution in [1.29, 1.82) is 0 Å². The van der Waals surface area contributed by atoms with E-state index in [1.165, 1.54) is 6.07 Å². The third-order valence-corrected chi connectivity index (χ3v) is 5.35. The van der Waals surface area contributed by atoms with Gasteiger partial charge in [-0.2, -0.15) is 0 Å². The van der Waals surface area contributed by atoms with Gasteiger partial charge < -0.3 is 15.6 Å². The van der Waals surface area contributed by atoms with Crippen LogP contribution in [0.5, 0.6) is 0 Å². The monoisotopic (exact) mass is 401 g/mol. The van der Waals surface area contributed by atoms with Crippen LogP contribution in [0.15, 0.2) is 35.3 Å². The fourth-order valence-corrected chi connectivity index (χ4v) is 3.45. The van der Waals surface area contributed by atoms with Crippen molar-refractivity contribution in [3.63, 3.8) is 0 Å². The number of fused-ring (bicyclic) bond motifs is 1. The van der Waals surface area contributed by atoms with Gasteiger partial charge in [0, 0.05) is 17.1 Å². The number of carbonyl (C=O) groups excluding carboxylic acids is 1. The zero-order valence-electron chi connectivity index (χ0n) is 14.9. The van der Waals surface area contributed by atoms with Crippen LogP contribution in [0.3, 0.4) is 0 Å². The van der Waals surface area contributed by atoms with E-state index in [2.05, 4.69) is 25.6 Å². The van der Waals surface area contributed by atoms with Crippen LogP contribution >= 0.6 is 11.6 Å². The number of H-pyrrole nitrogens is 1. The summed E-state index contributed by atoms with van der Waals surface area (Å²) in [6.07, 6.45) is 3.92. The standard InChI is InChI=1S/C19H17ClFN5O2/c1-10(12-8-11-2-3-13(21)15(20)16(11)26-17(12)28)24-18-22-7-4-14(25-18)19(5-6-19)23-9-27/h2-4,7-10H,5-6H2,1H3,(H,23,27)(H,26,28)(H,22,24,25)/t10-/m0/s1. The Bertz CT molecular complexity index is 1130. The number of rotatable bonds is 6. The van der Waals surface area contributed by atoms with Gasteiger partial charge in [0.2, 0.25) is 12.4 Å². The summed E-state index contributed by atoms with van der Waals surface area (Å²) in [5, 5.41) is 6.42. The van der Waals surface area contributed by atoms with Crippen molar-refractivity contribution in [2.45, 2.75) is 31.3 Å². The predicted octanol–water partition coefficient (Wildman–Crippen LogP) is 3.02. The first-order valence-corrected chi connectivity index (χ1v) is 9.14. The quantitative estimate of drug-likeness (QED) is 0.551. The molecule has 2 aromatic heterocycles. The van der Waals surface area contributed by atoms with Gasteiger partial charge in [0.15, 0.2) is 0 Å². The van der Waals surface area contributed by atoms with E-state index in [1.54, 1.807) is 31.3 Å². The molecule has 7 nitrogen and oxygen atoms in total. The highest BCUT2D eigenvalue weighted by Crippen LogP contribution is 2.44. The zero-order chi connectivity index (χ0) is 19.9. The molecule has 3 aromatic rings. The first-order valence-electron chi connectivity index (χ1n) is 8.76. The third kappa shape index (κ3) is 3.20. The molecule has 1 aliphatic carbocycles. The van der Waals surface area contributed by atoms with Crippen molar-refractivity contribution in [2.75, 3.05) is 5.32 Å². The van der Waals surface area contributed by atoms with Crippen LogP contribution < -0.4 is 16.2 Å². The molecule has 4 rings (SSSR count). The van der Waals surface area contributed by atoms with Gasteiger partial charge >= 0.3 is 0 Å². The zero-order valence-corrected chi connectivity index (χ0v) is 15.7. The number of amides is 1. The molecule has 0 radical (unpaired) electrons. The van der Waals surface area contributed by atoms with E-state index in [0.717, 1.165) is 18.5 Å². The largest absolute Gasteiger partial charge is 0.348 e. The molecule has 9 heteroatoms. The number of nitrogens with one attached hydrogen (secondary N) is 3. The molecular formula is C19H17ClFN5O2. The van der Waals surface area contributed by atoms with Gasteiger partial charge in [0.1, 0.15) is 10.8 Å². The topological polar surface area (TPSA) is 99.8 Å². The highest BCUT2D eigenvalue weighted by Gasteiger charge is 2.45. The minimum atomic E-state index is -0.591. The van der Waals surface area contributed by atoms with Crippen LogP contribution in [0.2, 0.25) is 5.02 Å². The molecule has 0 spiro atoms. The average Bonchev–Trinajstić information content (AvgIpc) is 3.46. The minimum absolute atomic E-state index is 0.116. The molecule has 3 N–H and O–H groups in total. The van der Waals surface area contributed by atoms with Gasteiger partial charge in [-0.15, -0.1) is 0 Å². The van der Waals surface area contributed by atoms with Crippen molar-refractivity contribution in [3.05, 3.63) is 62.9 Å². The number of hydrogen-bond acceptors (Lipinski definition) is 5. The summed E-state index contributed by atoms with van der Waals surface area (Å²) in [6.45, 7) is 1.80. The van der Waals surface area contributed by atoms with Crippen molar-refractivity contribution in [1.82, 2.24) is 20.3 Å². The molecule has 28 heavy (non-hydrogen) atoms. The van der Waals surface area contributed by atoms with Gasteiger partial charge in [-0.1, -0.05) is 11.6 Å². The van der Waals surface area contributed by atoms with Crippen LogP contribution in [0, 0.1) is 5.82 Å². The highest BCUT2D eigenvalue weighted by atomic mass is 35.5. The lowest BCUT2D eigenvalue weighted by Gasteiger charge is -2.17. The second-order valence-electron chi connectivity index (χ2n) is 6.86. The highest BCUT2D eigenvalue weighted by molar-refractivity contribution is 6.35.